The Labute approximate surface area is 442 Å². The van der Waals surface area contributed by atoms with Gasteiger partial charge in [0.2, 0.25) is 0 Å². The fourth-order valence-electron chi connectivity index (χ4n) is 11.8. The summed E-state index contributed by atoms with van der Waals surface area (Å²) < 4.78 is 2.62. The molecule has 13 aromatic rings. The van der Waals surface area contributed by atoms with E-state index in [0.717, 1.165) is 33.8 Å². The lowest BCUT2D eigenvalue weighted by molar-refractivity contribution is 0.768. The molecule has 1 heterocycles. The Morgan fingerprint density at radius 3 is 1.28 bits per heavy atom. The molecule has 12 aromatic carbocycles. The van der Waals surface area contributed by atoms with Crippen molar-refractivity contribution in [3.8, 4) is 66.8 Å². The molecule has 0 spiro atoms. The van der Waals surface area contributed by atoms with E-state index in [0.29, 0.717) is 0 Å². The highest BCUT2D eigenvalue weighted by molar-refractivity contribution is 7.25. The van der Waals surface area contributed by atoms with Gasteiger partial charge in [-0.3, -0.25) is 0 Å². The molecule has 1 nitrogen and oxygen atoms in total. The van der Waals surface area contributed by atoms with Gasteiger partial charge in [-0.1, -0.05) is 243 Å². The highest BCUT2D eigenvalue weighted by Crippen LogP contribution is 2.58. The molecule has 1 aliphatic rings. The van der Waals surface area contributed by atoms with Crippen molar-refractivity contribution in [3.05, 3.63) is 320 Å². The van der Waals surface area contributed by atoms with Crippen LogP contribution in [0.5, 0.6) is 0 Å². The van der Waals surface area contributed by atoms with Gasteiger partial charge in [-0.25, -0.2) is 0 Å². The summed E-state index contributed by atoms with van der Waals surface area (Å²) in [6, 6.07) is 110. The van der Waals surface area contributed by atoms with E-state index in [-0.39, 0.29) is 0 Å². The number of hydrogen-bond donors (Lipinski definition) is 0. The van der Waals surface area contributed by atoms with Gasteiger partial charge >= 0.3 is 0 Å². The van der Waals surface area contributed by atoms with Gasteiger partial charge in [-0.2, -0.15) is 0 Å². The summed E-state index contributed by atoms with van der Waals surface area (Å²) in [4.78, 5) is 2.51. The van der Waals surface area contributed by atoms with E-state index in [4.69, 9.17) is 0 Å². The van der Waals surface area contributed by atoms with Crippen LogP contribution in [0.4, 0.5) is 17.1 Å². The van der Waals surface area contributed by atoms with Crippen LogP contribution in [0, 0.1) is 0 Å². The molecule has 0 amide bonds. The molecule has 0 radical (unpaired) electrons. The van der Waals surface area contributed by atoms with E-state index < -0.39 is 5.41 Å². The van der Waals surface area contributed by atoms with E-state index in [1.807, 2.05) is 11.3 Å². The number of hydrogen-bond acceptors (Lipinski definition) is 2. The van der Waals surface area contributed by atoms with Crippen LogP contribution in [-0.2, 0) is 5.41 Å². The number of benzene rings is 12. The molecule has 2 heteroatoms. The standard InChI is InChI=1S/C73H49NS/c1-6-18-50(19-7-1)53-30-32-55(33-31-53)63-42-36-58(52-22-10-3-11-23-52)48-70(63)74(61-39-34-54(35-40-61)56-38-45-72-67(46-56)66-28-16-17-29-71(66)75-72)62-41-44-65-64-43-37-57(51-20-8-2-9-21-51)47-68(64)73(69(65)49-62,59-24-12-4-13-25-59)60-26-14-5-15-27-60/h1-49H. The zero-order valence-electron chi connectivity index (χ0n) is 41.1. The molecule has 1 aliphatic carbocycles. The van der Waals surface area contributed by atoms with Crippen molar-refractivity contribution in [2.75, 3.05) is 4.90 Å². The van der Waals surface area contributed by atoms with Crippen LogP contribution in [0.2, 0.25) is 0 Å². The molecule has 0 saturated heterocycles. The van der Waals surface area contributed by atoms with Crippen LogP contribution >= 0.6 is 11.3 Å². The normalized spacial score (nSPS) is 12.4. The summed E-state index contributed by atoms with van der Waals surface area (Å²) in [6.45, 7) is 0. The molecule has 0 bridgehead atoms. The van der Waals surface area contributed by atoms with E-state index in [2.05, 4.69) is 302 Å². The van der Waals surface area contributed by atoms with Crippen LogP contribution in [0.25, 0.3) is 86.9 Å². The molecule has 0 atom stereocenters. The van der Waals surface area contributed by atoms with Gasteiger partial charge in [0.1, 0.15) is 0 Å². The maximum atomic E-state index is 2.51. The predicted octanol–water partition coefficient (Wildman–Crippen LogP) is 20.2. The third-order valence-corrected chi connectivity index (χ3v) is 16.5. The fourth-order valence-corrected chi connectivity index (χ4v) is 12.9. The summed E-state index contributed by atoms with van der Waals surface area (Å²) >= 11 is 1.86. The minimum Gasteiger partial charge on any atom is -0.310 e. The fraction of sp³-hybridized carbons (Fsp3) is 0.0137. The number of rotatable bonds is 10. The van der Waals surface area contributed by atoms with E-state index in [1.165, 1.54) is 92.5 Å². The molecule has 75 heavy (non-hydrogen) atoms. The summed E-state index contributed by atoms with van der Waals surface area (Å²) in [5.41, 5.74) is 21.9. The summed E-state index contributed by atoms with van der Waals surface area (Å²) in [5, 5.41) is 2.61. The van der Waals surface area contributed by atoms with Gasteiger partial charge in [-0.05, 0) is 138 Å². The Bertz CT molecular complexity index is 4140. The van der Waals surface area contributed by atoms with Gasteiger partial charge in [0.25, 0.3) is 0 Å². The lowest BCUT2D eigenvalue weighted by Crippen LogP contribution is -2.28. The Kier molecular flexibility index (Phi) is 11.0. The van der Waals surface area contributed by atoms with Crippen molar-refractivity contribution in [3.63, 3.8) is 0 Å². The van der Waals surface area contributed by atoms with Crippen LogP contribution in [0.15, 0.2) is 297 Å². The second kappa shape index (κ2) is 18.6. The topological polar surface area (TPSA) is 3.24 Å². The third kappa shape index (κ3) is 7.69. The van der Waals surface area contributed by atoms with Crippen molar-refractivity contribution in [2.24, 2.45) is 0 Å². The lowest BCUT2D eigenvalue weighted by atomic mass is 9.67. The highest BCUT2D eigenvalue weighted by Gasteiger charge is 2.46. The zero-order chi connectivity index (χ0) is 49.7. The summed E-state index contributed by atoms with van der Waals surface area (Å²) in [7, 11) is 0. The minimum atomic E-state index is -0.629. The van der Waals surface area contributed by atoms with Crippen LogP contribution in [0.3, 0.4) is 0 Å². The first-order valence-corrected chi connectivity index (χ1v) is 26.6. The van der Waals surface area contributed by atoms with Crippen molar-refractivity contribution in [2.45, 2.75) is 5.41 Å². The van der Waals surface area contributed by atoms with Gasteiger partial charge in [0, 0.05) is 37.1 Å². The third-order valence-electron chi connectivity index (χ3n) is 15.4. The first-order chi connectivity index (χ1) is 37.2. The number of anilines is 3. The predicted molar refractivity (Wildman–Crippen MR) is 318 cm³/mol. The van der Waals surface area contributed by atoms with E-state index >= 15 is 0 Å². The molecule has 0 fully saturated rings. The minimum absolute atomic E-state index is 0.629. The Morgan fingerprint density at radius 2 is 0.653 bits per heavy atom. The quantitative estimate of drug-likeness (QED) is 0.132. The summed E-state index contributed by atoms with van der Waals surface area (Å²) in [6.07, 6.45) is 0. The van der Waals surface area contributed by atoms with Crippen molar-refractivity contribution < 1.29 is 0 Å². The molecule has 0 N–H and O–H groups in total. The van der Waals surface area contributed by atoms with Crippen molar-refractivity contribution in [1.82, 2.24) is 0 Å². The van der Waals surface area contributed by atoms with Crippen LogP contribution in [-0.4, -0.2) is 0 Å². The number of thiophene rings is 1. The van der Waals surface area contributed by atoms with Crippen molar-refractivity contribution in [1.29, 1.82) is 0 Å². The molecule has 0 unspecified atom stereocenters. The van der Waals surface area contributed by atoms with E-state index in [9.17, 15) is 0 Å². The second-order valence-electron chi connectivity index (χ2n) is 19.6. The Hall–Kier alpha value is -9.34. The SMILES string of the molecule is c1ccc(-c2ccc(-c3ccc(-c4ccccc4)cc3N(c3ccc(-c4ccc5sc6ccccc6c5c4)cc3)c3ccc4c(c3)C(c3ccccc3)(c3ccccc3)c3cc(-c5ccccc5)ccc3-4)cc2)cc1. The molecule has 0 aliphatic heterocycles. The largest absolute Gasteiger partial charge is 0.310 e. The average Bonchev–Trinajstić information content (AvgIpc) is 4.11. The molecule has 352 valence electrons. The van der Waals surface area contributed by atoms with Gasteiger partial charge in [0.15, 0.2) is 0 Å². The second-order valence-corrected chi connectivity index (χ2v) is 20.7. The molecule has 0 saturated carbocycles. The van der Waals surface area contributed by atoms with Gasteiger partial charge in [-0.15, -0.1) is 11.3 Å². The highest BCUT2D eigenvalue weighted by atomic mass is 32.1. The monoisotopic (exact) mass is 971 g/mol. The smallest absolute Gasteiger partial charge is 0.0714 e. The van der Waals surface area contributed by atoms with E-state index in [1.54, 1.807) is 0 Å². The molecule has 14 rings (SSSR count). The molecule has 1 aromatic heterocycles. The van der Waals surface area contributed by atoms with Crippen LogP contribution < -0.4 is 4.90 Å². The Morgan fingerprint density at radius 1 is 0.253 bits per heavy atom. The zero-order valence-corrected chi connectivity index (χ0v) is 42.0. The maximum Gasteiger partial charge on any atom is 0.0714 e. The maximum absolute atomic E-state index is 2.51. The Balaban J connectivity index is 1.01. The summed E-state index contributed by atoms with van der Waals surface area (Å²) in [5.74, 6) is 0. The van der Waals surface area contributed by atoms with Crippen LogP contribution in [0.1, 0.15) is 22.3 Å². The molecular formula is C73H49NS. The number of fused-ring (bicyclic) bond motifs is 6. The van der Waals surface area contributed by atoms with Gasteiger partial charge in [0.05, 0.1) is 11.1 Å². The van der Waals surface area contributed by atoms with Crippen molar-refractivity contribution >= 4 is 48.6 Å². The molecular weight excluding hydrogens is 923 g/mol. The first kappa shape index (κ1) is 44.4. The lowest BCUT2D eigenvalue weighted by Gasteiger charge is -2.35. The van der Waals surface area contributed by atoms with Gasteiger partial charge < -0.3 is 4.90 Å². The number of nitrogens with zero attached hydrogens (tertiary/aromatic N) is 1. The first-order valence-electron chi connectivity index (χ1n) is 25.8. The average molecular weight is 972 g/mol.